The Kier molecular flexibility index (Phi) is 6.19. The van der Waals surface area contributed by atoms with Crippen LogP contribution < -0.4 is 10.1 Å². The van der Waals surface area contributed by atoms with Crippen molar-refractivity contribution in [2.75, 3.05) is 31.5 Å². The molecule has 0 bridgehead atoms. The first-order valence-corrected chi connectivity index (χ1v) is 9.18. The minimum absolute atomic E-state index is 0.0456. The van der Waals surface area contributed by atoms with Crippen molar-refractivity contribution in [2.24, 2.45) is 0 Å². The Balaban J connectivity index is 1.48. The summed E-state index contributed by atoms with van der Waals surface area (Å²) in [4.78, 5) is 27.1. The van der Waals surface area contributed by atoms with Crippen LogP contribution >= 0.6 is 11.6 Å². The number of ether oxygens (including phenoxy) is 1. The Hall–Kier alpha value is -2.73. The van der Waals surface area contributed by atoms with Gasteiger partial charge < -0.3 is 19.9 Å². The number of anilines is 1. The molecule has 6 nitrogen and oxygen atoms in total. The van der Waals surface area contributed by atoms with Crippen molar-refractivity contribution >= 4 is 29.2 Å². The summed E-state index contributed by atoms with van der Waals surface area (Å²) >= 11 is 5.87. The zero-order valence-corrected chi connectivity index (χ0v) is 15.9. The summed E-state index contributed by atoms with van der Waals surface area (Å²) in [7, 11) is 0. The van der Waals surface area contributed by atoms with Crippen LogP contribution in [0.5, 0.6) is 5.75 Å². The van der Waals surface area contributed by atoms with Gasteiger partial charge in [0.15, 0.2) is 0 Å². The topological polar surface area (TPSA) is 61.9 Å². The SMILES string of the molecule is CC(=O)N1CCN(C(=O)Nc2ccc(OCc3ccc(Cl)cc3)cc2)CC1. The predicted molar refractivity (Wildman–Crippen MR) is 105 cm³/mol. The molecule has 7 heteroatoms. The highest BCUT2D eigenvalue weighted by Crippen LogP contribution is 2.18. The second-order valence-electron chi connectivity index (χ2n) is 6.36. The number of carbonyl (C=O) groups is 2. The van der Waals surface area contributed by atoms with Crippen molar-refractivity contribution in [3.8, 4) is 5.75 Å². The monoisotopic (exact) mass is 387 g/mol. The standard InChI is InChI=1S/C20H22ClN3O3/c1-15(25)23-10-12-24(13-11-23)20(26)22-18-6-8-19(9-7-18)27-14-16-2-4-17(21)5-3-16/h2-9H,10-14H2,1H3,(H,22,26). The molecule has 1 fully saturated rings. The Bertz CT molecular complexity index is 785. The summed E-state index contributed by atoms with van der Waals surface area (Å²) in [5.41, 5.74) is 1.73. The van der Waals surface area contributed by atoms with Gasteiger partial charge in [0.05, 0.1) is 0 Å². The molecule has 0 unspecified atom stereocenters. The molecule has 27 heavy (non-hydrogen) atoms. The molecule has 142 valence electrons. The summed E-state index contributed by atoms with van der Waals surface area (Å²) in [6.07, 6.45) is 0. The molecule has 2 aromatic rings. The molecule has 1 aliphatic rings. The van der Waals surface area contributed by atoms with Crippen molar-refractivity contribution in [1.82, 2.24) is 9.80 Å². The number of rotatable bonds is 4. The molecule has 2 aromatic carbocycles. The third kappa shape index (κ3) is 5.37. The lowest BCUT2D eigenvalue weighted by atomic mass is 10.2. The number of amides is 3. The molecular formula is C20H22ClN3O3. The van der Waals surface area contributed by atoms with Crippen molar-refractivity contribution in [3.05, 3.63) is 59.1 Å². The van der Waals surface area contributed by atoms with Crippen molar-refractivity contribution in [1.29, 1.82) is 0 Å². The summed E-state index contributed by atoms with van der Waals surface area (Å²) in [6.45, 7) is 4.21. The second kappa shape index (κ2) is 8.77. The molecule has 0 saturated carbocycles. The number of hydrogen-bond donors (Lipinski definition) is 1. The fourth-order valence-electron chi connectivity index (χ4n) is 2.81. The number of carbonyl (C=O) groups excluding carboxylic acids is 2. The maximum Gasteiger partial charge on any atom is 0.321 e. The van der Waals surface area contributed by atoms with Gasteiger partial charge in [-0.25, -0.2) is 4.79 Å². The molecule has 3 rings (SSSR count). The van der Waals surface area contributed by atoms with Gasteiger partial charge in [-0.15, -0.1) is 0 Å². The Labute approximate surface area is 163 Å². The highest BCUT2D eigenvalue weighted by atomic mass is 35.5. The first-order chi connectivity index (χ1) is 13.0. The van der Waals surface area contributed by atoms with Crippen LogP contribution in [0.2, 0.25) is 5.02 Å². The first-order valence-electron chi connectivity index (χ1n) is 8.80. The number of halogens is 1. The van der Waals surface area contributed by atoms with E-state index in [2.05, 4.69) is 5.32 Å². The number of urea groups is 1. The van der Waals surface area contributed by atoms with E-state index in [1.807, 2.05) is 36.4 Å². The van der Waals surface area contributed by atoms with Gasteiger partial charge in [-0.1, -0.05) is 23.7 Å². The maximum atomic E-state index is 12.3. The van der Waals surface area contributed by atoms with Crippen LogP contribution in [0.3, 0.4) is 0 Å². The van der Waals surface area contributed by atoms with Crippen molar-refractivity contribution < 1.29 is 14.3 Å². The van der Waals surface area contributed by atoms with Crippen LogP contribution in [-0.4, -0.2) is 47.9 Å². The van der Waals surface area contributed by atoms with Crippen LogP contribution in [0.4, 0.5) is 10.5 Å². The summed E-state index contributed by atoms with van der Waals surface area (Å²) in [5.74, 6) is 0.766. The molecule has 1 heterocycles. The zero-order valence-electron chi connectivity index (χ0n) is 15.2. The normalized spacial score (nSPS) is 14.0. The van der Waals surface area contributed by atoms with E-state index in [0.717, 1.165) is 11.3 Å². The molecule has 0 radical (unpaired) electrons. The second-order valence-corrected chi connectivity index (χ2v) is 6.80. The molecule has 3 amide bonds. The summed E-state index contributed by atoms with van der Waals surface area (Å²) < 4.78 is 5.74. The molecule has 0 spiro atoms. The molecule has 0 atom stereocenters. The van der Waals surface area contributed by atoms with Gasteiger partial charge in [0.25, 0.3) is 0 Å². The Morgan fingerprint density at radius 1 is 0.963 bits per heavy atom. The minimum Gasteiger partial charge on any atom is -0.489 e. The first kappa shape index (κ1) is 19.0. The maximum absolute atomic E-state index is 12.3. The fraction of sp³-hybridized carbons (Fsp3) is 0.300. The van der Waals surface area contributed by atoms with E-state index in [0.29, 0.717) is 43.5 Å². The van der Waals surface area contributed by atoms with Crippen LogP contribution in [0.25, 0.3) is 0 Å². The minimum atomic E-state index is -0.159. The van der Waals surface area contributed by atoms with Gasteiger partial charge in [0.2, 0.25) is 5.91 Å². The highest BCUT2D eigenvalue weighted by molar-refractivity contribution is 6.30. The van der Waals surface area contributed by atoms with E-state index in [1.54, 1.807) is 28.9 Å². The van der Waals surface area contributed by atoms with E-state index in [-0.39, 0.29) is 11.9 Å². The Morgan fingerprint density at radius 2 is 1.56 bits per heavy atom. The van der Waals surface area contributed by atoms with Gasteiger partial charge in [0.1, 0.15) is 12.4 Å². The third-order valence-electron chi connectivity index (χ3n) is 4.44. The number of piperazine rings is 1. The summed E-state index contributed by atoms with van der Waals surface area (Å²) in [6, 6.07) is 14.6. The number of nitrogens with zero attached hydrogens (tertiary/aromatic N) is 2. The number of nitrogens with one attached hydrogen (secondary N) is 1. The zero-order chi connectivity index (χ0) is 19.2. The van der Waals surface area contributed by atoms with Gasteiger partial charge in [-0.3, -0.25) is 4.79 Å². The van der Waals surface area contributed by atoms with E-state index < -0.39 is 0 Å². The van der Waals surface area contributed by atoms with Gasteiger partial charge in [0, 0.05) is 43.8 Å². The Morgan fingerprint density at radius 3 is 2.15 bits per heavy atom. The third-order valence-corrected chi connectivity index (χ3v) is 4.69. The van der Waals surface area contributed by atoms with E-state index >= 15 is 0 Å². The van der Waals surface area contributed by atoms with E-state index in [4.69, 9.17) is 16.3 Å². The predicted octanol–water partition coefficient (Wildman–Crippen LogP) is 3.62. The highest BCUT2D eigenvalue weighted by Gasteiger charge is 2.22. The molecule has 1 aliphatic heterocycles. The fourth-order valence-corrected chi connectivity index (χ4v) is 2.93. The van der Waals surface area contributed by atoms with E-state index in [1.165, 1.54) is 0 Å². The van der Waals surface area contributed by atoms with Crippen LogP contribution in [0.15, 0.2) is 48.5 Å². The summed E-state index contributed by atoms with van der Waals surface area (Å²) in [5, 5.41) is 3.57. The van der Waals surface area contributed by atoms with Crippen molar-refractivity contribution in [2.45, 2.75) is 13.5 Å². The van der Waals surface area contributed by atoms with Crippen molar-refractivity contribution in [3.63, 3.8) is 0 Å². The largest absolute Gasteiger partial charge is 0.489 e. The number of hydrogen-bond acceptors (Lipinski definition) is 3. The molecule has 1 saturated heterocycles. The average Bonchev–Trinajstić information content (AvgIpc) is 2.68. The van der Waals surface area contributed by atoms with Gasteiger partial charge in [-0.2, -0.15) is 0 Å². The lowest BCUT2D eigenvalue weighted by molar-refractivity contribution is -0.130. The van der Waals surface area contributed by atoms with Crippen LogP contribution in [0, 0.1) is 0 Å². The van der Waals surface area contributed by atoms with Gasteiger partial charge >= 0.3 is 6.03 Å². The molecular weight excluding hydrogens is 366 g/mol. The quantitative estimate of drug-likeness (QED) is 0.871. The molecule has 0 aromatic heterocycles. The smallest absolute Gasteiger partial charge is 0.321 e. The molecule has 0 aliphatic carbocycles. The van der Waals surface area contributed by atoms with Crippen LogP contribution in [0.1, 0.15) is 12.5 Å². The molecule has 1 N–H and O–H groups in total. The average molecular weight is 388 g/mol. The lowest BCUT2D eigenvalue weighted by Gasteiger charge is -2.34. The van der Waals surface area contributed by atoms with Gasteiger partial charge in [-0.05, 0) is 42.0 Å². The van der Waals surface area contributed by atoms with E-state index in [9.17, 15) is 9.59 Å². The lowest BCUT2D eigenvalue weighted by Crippen LogP contribution is -2.51. The number of benzene rings is 2. The van der Waals surface area contributed by atoms with Crippen LogP contribution in [-0.2, 0) is 11.4 Å².